The zero-order chi connectivity index (χ0) is 13.1. The molecule has 0 aliphatic heterocycles. The Bertz CT molecular complexity index is 516. The molecule has 1 aromatic rings. The van der Waals surface area contributed by atoms with Gasteiger partial charge < -0.3 is 0 Å². The lowest BCUT2D eigenvalue weighted by molar-refractivity contribution is -0.110. The van der Waals surface area contributed by atoms with Crippen molar-refractivity contribution in [3.8, 4) is 0 Å². The molecule has 0 saturated carbocycles. The molecule has 94 valence electrons. The van der Waals surface area contributed by atoms with Gasteiger partial charge in [0.05, 0.1) is 11.4 Å². The van der Waals surface area contributed by atoms with Crippen LogP contribution in [-0.4, -0.2) is 26.0 Å². The first-order valence-corrected chi connectivity index (χ1v) is 7.17. The molecule has 1 aromatic carbocycles. The number of rotatable bonds is 5. The second kappa shape index (κ2) is 5.71. The van der Waals surface area contributed by atoms with E-state index >= 15 is 0 Å². The number of sulfonamides is 1. The summed E-state index contributed by atoms with van der Waals surface area (Å²) in [7, 11) is -3.56. The average Bonchev–Trinajstić information content (AvgIpc) is 2.25. The van der Waals surface area contributed by atoms with Crippen LogP contribution in [0, 0.1) is 0 Å². The lowest BCUT2D eigenvalue weighted by atomic mass is 10.3. The maximum atomic E-state index is 11.8. The first-order chi connectivity index (χ1) is 7.86. The van der Waals surface area contributed by atoms with Gasteiger partial charge in [-0.2, -0.15) is 0 Å². The summed E-state index contributed by atoms with van der Waals surface area (Å²) in [6.07, 6.45) is 0. The zero-order valence-corrected chi connectivity index (χ0v) is 11.4. The molecule has 0 unspecified atom stereocenters. The van der Waals surface area contributed by atoms with Crippen LogP contribution in [0.25, 0.3) is 0 Å². The topological polar surface area (TPSA) is 54.5 Å². The van der Waals surface area contributed by atoms with E-state index in [4.69, 9.17) is 23.2 Å². The Morgan fingerprint density at radius 3 is 2.53 bits per heavy atom. The molecule has 17 heavy (non-hydrogen) atoms. The first kappa shape index (κ1) is 14.3. The van der Waals surface area contributed by atoms with E-state index in [2.05, 4.69) is 0 Å². The van der Waals surface area contributed by atoms with Gasteiger partial charge in [0.15, 0.2) is 0 Å². The summed E-state index contributed by atoms with van der Waals surface area (Å²) in [6, 6.07) is 6.24. The molecular formula is C10H11Cl2NO3S. The first-order valence-electron chi connectivity index (χ1n) is 4.81. The van der Waals surface area contributed by atoms with Gasteiger partial charge in [-0.3, -0.25) is 9.10 Å². The molecule has 0 atom stereocenters. The molecule has 0 heterocycles. The highest BCUT2D eigenvalue weighted by atomic mass is 35.5. The Balaban J connectivity index is 3.20. The number of anilines is 1. The zero-order valence-electron chi connectivity index (χ0n) is 9.06. The summed E-state index contributed by atoms with van der Waals surface area (Å²) < 4.78 is 24.6. The quantitative estimate of drug-likeness (QED) is 0.783. The number of nitrogens with zero attached hydrogens (tertiary/aromatic N) is 1. The molecule has 0 radical (unpaired) electrons. The van der Waals surface area contributed by atoms with Gasteiger partial charge in [-0.15, -0.1) is 0 Å². The van der Waals surface area contributed by atoms with Crippen molar-refractivity contribution < 1.29 is 13.2 Å². The molecule has 0 fully saturated rings. The van der Waals surface area contributed by atoms with Gasteiger partial charge in [0.2, 0.25) is 15.3 Å². The fraction of sp³-hybridized carbons (Fsp3) is 0.300. The fourth-order valence-corrected chi connectivity index (χ4v) is 2.69. The van der Waals surface area contributed by atoms with Crippen LogP contribution < -0.4 is 4.31 Å². The van der Waals surface area contributed by atoms with E-state index < -0.39 is 21.8 Å². The highest BCUT2D eigenvalue weighted by Crippen LogP contribution is 2.22. The standard InChI is InChI=1S/C10H11Cl2NO3S/c1-2-17(15,16)13(7-10(12)14)9-5-3-4-8(11)6-9/h3-6H,2,7H2,1H3. The summed E-state index contributed by atoms with van der Waals surface area (Å²) in [5, 5.41) is -0.358. The molecule has 0 aromatic heterocycles. The number of halogens is 2. The summed E-state index contributed by atoms with van der Waals surface area (Å²) >= 11 is 11.0. The summed E-state index contributed by atoms with van der Waals surface area (Å²) in [5.41, 5.74) is 0.327. The van der Waals surface area contributed by atoms with E-state index in [9.17, 15) is 13.2 Å². The highest BCUT2D eigenvalue weighted by molar-refractivity contribution is 7.92. The van der Waals surface area contributed by atoms with Gasteiger partial charge in [0.1, 0.15) is 6.54 Å². The molecule has 0 bridgehead atoms. The van der Waals surface area contributed by atoms with E-state index in [1.54, 1.807) is 18.2 Å². The van der Waals surface area contributed by atoms with Gasteiger partial charge in [0, 0.05) is 5.02 Å². The number of hydrogen-bond acceptors (Lipinski definition) is 3. The third-order valence-corrected chi connectivity index (χ3v) is 4.16. The van der Waals surface area contributed by atoms with Crippen molar-refractivity contribution in [2.45, 2.75) is 6.92 Å². The molecule has 7 heteroatoms. The normalized spacial score (nSPS) is 11.2. The van der Waals surface area contributed by atoms with Crippen LogP contribution in [-0.2, 0) is 14.8 Å². The molecule has 0 aliphatic carbocycles. The monoisotopic (exact) mass is 295 g/mol. The summed E-state index contributed by atoms with van der Waals surface area (Å²) in [5.74, 6) is -0.121. The minimum atomic E-state index is -3.56. The second-order valence-corrected chi connectivity index (χ2v) is 6.28. The molecular weight excluding hydrogens is 285 g/mol. The largest absolute Gasteiger partial charge is 0.279 e. The van der Waals surface area contributed by atoms with Crippen LogP contribution in [0.15, 0.2) is 24.3 Å². The summed E-state index contributed by atoms with van der Waals surface area (Å²) in [4.78, 5) is 10.9. The maximum Gasteiger partial charge on any atom is 0.242 e. The Labute approximate surface area is 110 Å². The van der Waals surface area contributed by atoms with Gasteiger partial charge in [-0.25, -0.2) is 8.42 Å². The van der Waals surface area contributed by atoms with Crippen molar-refractivity contribution >= 4 is 44.2 Å². The Hall–Kier alpha value is -0.780. The number of hydrogen-bond donors (Lipinski definition) is 0. The number of carbonyl (C=O) groups is 1. The Morgan fingerprint density at radius 2 is 2.06 bits per heavy atom. The number of carbonyl (C=O) groups excluding carboxylic acids is 1. The molecule has 0 N–H and O–H groups in total. The van der Waals surface area contributed by atoms with E-state index in [-0.39, 0.29) is 5.75 Å². The fourth-order valence-electron chi connectivity index (χ4n) is 1.25. The van der Waals surface area contributed by atoms with Crippen molar-refractivity contribution in [1.29, 1.82) is 0 Å². The van der Waals surface area contributed by atoms with E-state index in [1.165, 1.54) is 13.0 Å². The van der Waals surface area contributed by atoms with Crippen LogP contribution in [0.5, 0.6) is 0 Å². The average molecular weight is 296 g/mol. The second-order valence-electron chi connectivity index (χ2n) is 3.24. The lowest BCUT2D eigenvalue weighted by Gasteiger charge is -2.22. The van der Waals surface area contributed by atoms with Crippen molar-refractivity contribution in [2.75, 3.05) is 16.6 Å². The molecule has 0 amide bonds. The van der Waals surface area contributed by atoms with Crippen molar-refractivity contribution in [1.82, 2.24) is 0 Å². The van der Waals surface area contributed by atoms with Crippen LogP contribution in [0.3, 0.4) is 0 Å². The molecule has 1 rings (SSSR count). The molecule has 0 spiro atoms. The SMILES string of the molecule is CCS(=O)(=O)N(CC(=O)Cl)c1cccc(Cl)c1. The predicted molar refractivity (Wildman–Crippen MR) is 69.1 cm³/mol. The highest BCUT2D eigenvalue weighted by Gasteiger charge is 2.22. The van der Waals surface area contributed by atoms with Crippen molar-refractivity contribution in [2.24, 2.45) is 0 Å². The predicted octanol–water partition coefficient (Wildman–Crippen LogP) is 2.26. The number of benzene rings is 1. The molecule has 0 aliphatic rings. The third kappa shape index (κ3) is 3.87. The van der Waals surface area contributed by atoms with Crippen LogP contribution in [0.2, 0.25) is 5.02 Å². The third-order valence-electron chi connectivity index (χ3n) is 2.06. The Kier molecular flexibility index (Phi) is 4.80. The molecule has 0 saturated heterocycles. The van der Waals surface area contributed by atoms with Gasteiger partial charge >= 0.3 is 0 Å². The van der Waals surface area contributed by atoms with Gasteiger partial charge in [-0.05, 0) is 36.7 Å². The molecule has 4 nitrogen and oxygen atoms in total. The van der Waals surface area contributed by atoms with E-state index in [1.807, 2.05) is 0 Å². The Morgan fingerprint density at radius 1 is 1.41 bits per heavy atom. The summed E-state index contributed by atoms with van der Waals surface area (Å²) in [6.45, 7) is 1.09. The van der Waals surface area contributed by atoms with E-state index in [0.717, 1.165) is 4.31 Å². The maximum absolute atomic E-state index is 11.8. The van der Waals surface area contributed by atoms with Crippen molar-refractivity contribution in [3.05, 3.63) is 29.3 Å². The minimum Gasteiger partial charge on any atom is -0.279 e. The lowest BCUT2D eigenvalue weighted by Crippen LogP contribution is -2.35. The smallest absolute Gasteiger partial charge is 0.242 e. The van der Waals surface area contributed by atoms with Crippen LogP contribution in [0.1, 0.15) is 6.92 Å². The minimum absolute atomic E-state index is 0.121. The van der Waals surface area contributed by atoms with Crippen LogP contribution >= 0.6 is 23.2 Å². The van der Waals surface area contributed by atoms with Gasteiger partial charge in [-0.1, -0.05) is 17.7 Å². The van der Waals surface area contributed by atoms with Gasteiger partial charge in [0.25, 0.3) is 0 Å². The van der Waals surface area contributed by atoms with E-state index in [0.29, 0.717) is 10.7 Å². The van der Waals surface area contributed by atoms with Crippen LogP contribution in [0.4, 0.5) is 5.69 Å². The van der Waals surface area contributed by atoms with Crippen molar-refractivity contribution in [3.63, 3.8) is 0 Å².